The van der Waals surface area contributed by atoms with Crippen LogP contribution in [0.25, 0.3) is 0 Å². The molecule has 0 amide bonds. The van der Waals surface area contributed by atoms with E-state index in [0.717, 1.165) is 12.6 Å². The lowest BCUT2D eigenvalue weighted by Gasteiger charge is -2.30. The van der Waals surface area contributed by atoms with Gasteiger partial charge in [0.1, 0.15) is 18.5 Å². The first-order valence-electron chi connectivity index (χ1n) is 6.64. The molecule has 21 heavy (non-hydrogen) atoms. The molecule has 1 heterocycles. The molecule has 4 nitrogen and oxygen atoms in total. The Hall–Kier alpha value is -1.31. The number of hydrogen-bond donors (Lipinski definition) is 1. The van der Waals surface area contributed by atoms with Gasteiger partial charge >= 0.3 is 6.18 Å². The third-order valence-corrected chi connectivity index (χ3v) is 3.30. The standard InChI is InChI=1S/C14H18F3NO3/c1-18-4-5-20-11(7-18)9-21-13-3-2-10(8-19)6-12(13)14(15,16)17/h2-3,6,11,19H,4-5,7-9H2,1H3. The Morgan fingerprint density at radius 2 is 2.19 bits per heavy atom. The summed E-state index contributed by atoms with van der Waals surface area (Å²) < 4.78 is 49.7. The first kappa shape index (κ1) is 16.1. The van der Waals surface area contributed by atoms with Gasteiger partial charge in [0.2, 0.25) is 0 Å². The minimum atomic E-state index is -4.52. The first-order valence-corrected chi connectivity index (χ1v) is 6.64. The fourth-order valence-electron chi connectivity index (χ4n) is 2.17. The molecule has 1 aliphatic heterocycles. The smallest absolute Gasteiger partial charge is 0.419 e. The van der Waals surface area contributed by atoms with E-state index in [1.165, 1.54) is 12.1 Å². The van der Waals surface area contributed by atoms with Gasteiger partial charge in [0.15, 0.2) is 0 Å². The van der Waals surface area contributed by atoms with Crippen LogP contribution < -0.4 is 4.74 Å². The summed E-state index contributed by atoms with van der Waals surface area (Å²) in [6.45, 7) is 1.58. The van der Waals surface area contributed by atoms with Crippen LogP contribution in [-0.4, -0.2) is 49.5 Å². The molecule has 0 spiro atoms. The topological polar surface area (TPSA) is 41.9 Å². The van der Waals surface area contributed by atoms with E-state index >= 15 is 0 Å². The highest BCUT2D eigenvalue weighted by atomic mass is 19.4. The van der Waals surface area contributed by atoms with Gasteiger partial charge in [-0.2, -0.15) is 13.2 Å². The van der Waals surface area contributed by atoms with Gasteiger partial charge in [0.05, 0.1) is 18.8 Å². The van der Waals surface area contributed by atoms with E-state index in [4.69, 9.17) is 14.6 Å². The zero-order valence-electron chi connectivity index (χ0n) is 11.7. The Morgan fingerprint density at radius 3 is 2.81 bits per heavy atom. The van der Waals surface area contributed by atoms with Crippen molar-refractivity contribution in [2.24, 2.45) is 0 Å². The van der Waals surface area contributed by atoms with Crippen molar-refractivity contribution in [1.82, 2.24) is 4.90 Å². The van der Waals surface area contributed by atoms with Crippen molar-refractivity contribution in [3.63, 3.8) is 0 Å². The molecule has 1 unspecified atom stereocenters. The van der Waals surface area contributed by atoms with Gasteiger partial charge < -0.3 is 19.5 Å². The van der Waals surface area contributed by atoms with Crippen molar-refractivity contribution in [1.29, 1.82) is 0 Å². The number of rotatable bonds is 4. The number of aliphatic hydroxyl groups is 1. The molecule has 0 radical (unpaired) electrons. The molecule has 0 bridgehead atoms. The molecule has 1 aromatic carbocycles. The lowest BCUT2D eigenvalue weighted by atomic mass is 10.1. The zero-order valence-corrected chi connectivity index (χ0v) is 11.7. The summed E-state index contributed by atoms with van der Waals surface area (Å²) in [7, 11) is 1.92. The number of nitrogens with zero attached hydrogens (tertiary/aromatic N) is 1. The molecule has 1 atom stereocenters. The van der Waals surface area contributed by atoms with E-state index in [0.29, 0.717) is 13.2 Å². The second kappa shape index (κ2) is 6.64. The van der Waals surface area contributed by atoms with Crippen LogP contribution >= 0.6 is 0 Å². The molecule has 118 valence electrons. The maximum Gasteiger partial charge on any atom is 0.419 e. The van der Waals surface area contributed by atoms with Gasteiger partial charge in [0.25, 0.3) is 0 Å². The van der Waals surface area contributed by atoms with E-state index in [1.54, 1.807) is 0 Å². The number of aliphatic hydroxyl groups excluding tert-OH is 1. The normalized spacial score (nSPS) is 20.5. The fourth-order valence-corrected chi connectivity index (χ4v) is 2.17. The first-order chi connectivity index (χ1) is 9.90. The highest BCUT2D eigenvalue weighted by Gasteiger charge is 2.35. The van der Waals surface area contributed by atoms with Gasteiger partial charge in [-0.05, 0) is 24.7 Å². The SMILES string of the molecule is CN1CCOC(COc2ccc(CO)cc2C(F)(F)F)C1. The molecule has 1 saturated heterocycles. The number of alkyl halides is 3. The highest BCUT2D eigenvalue weighted by Crippen LogP contribution is 2.37. The van der Waals surface area contributed by atoms with E-state index in [9.17, 15) is 13.2 Å². The minimum Gasteiger partial charge on any atom is -0.490 e. The van der Waals surface area contributed by atoms with Crippen molar-refractivity contribution in [3.8, 4) is 5.75 Å². The summed E-state index contributed by atoms with van der Waals surface area (Å²) >= 11 is 0. The average Bonchev–Trinajstić information content (AvgIpc) is 2.44. The molecule has 1 fully saturated rings. The molecule has 0 aromatic heterocycles. The summed E-state index contributed by atoms with van der Waals surface area (Å²) in [4.78, 5) is 2.04. The zero-order chi connectivity index (χ0) is 15.5. The third-order valence-electron chi connectivity index (χ3n) is 3.30. The van der Waals surface area contributed by atoms with Gasteiger partial charge in [-0.25, -0.2) is 0 Å². The second-order valence-electron chi connectivity index (χ2n) is 5.05. The van der Waals surface area contributed by atoms with Crippen LogP contribution in [0.2, 0.25) is 0 Å². The molecule has 1 aliphatic rings. The third kappa shape index (κ3) is 4.33. The van der Waals surface area contributed by atoms with Crippen molar-refractivity contribution in [3.05, 3.63) is 29.3 Å². The maximum absolute atomic E-state index is 13.0. The molecular weight excluding hydrogens is 287 g/mol. The number of ether oxygens (including phenoxy) is 2. The lowest BCUT2D eigenvalue weighted by molar-refractivity contribution is -0.139. The van der Waals surface area contributed by atoms with E-state index in [2.05, 4.69) is 0 Å². The van der Waals surface area contributed by atoms with Crippen LogP contribution in [0.4, 0.5) is 13.2 Å². The predicted molar refractivity (Wildman–Crippen MR) is 70.1 cm³/mol. The quantitative estimate of drug-likeness (QED) is 0.923. The second-order valence-corrected chi connectivity index (χ2v) is 5.05. The van der Waals surface area contributed by atoms with E-state index < -0.39 is 18.3 Å². The Labute approximate surface area is 121 Å². The molecule has 1 aromatic rings. The predicted octanol–water partition coefficient (Wildman–Crippen LogP) is 1.91. The molecule has 1 N–H and O–H groups in total. The van der Waals surface area contributed by atoms with Crippen molar-refractivity contribution in [2.45, 2.75) is 18.9 Å². The largest absolute Gasteiger partial charge is 0.490 e. The number of benzene rings is 1. The maximum atomic E-state index is 13.0. The van der Waals surface area contributed by atoms with Crippen molar-refractivity contribution < 1.29 is 27.8 Å². The van der Waals surface area contributed by atoms with Crippen LogP contribution in [-0.2, 0) is 17.5 Å². The minimum absolute atomic E-state index is 0.0614. The number of likely N-dealkylation sites (N-methyl/N-ethyl adjacent to an activating group) is 1. The number of hydrogen-bond acceptors (Lipinski definition) is 4. The summed E-state index contributed by atoms with van der Waals surface area (Å²) in [6, 6.07) is 3.56. The Balaban J connectivity index is 2.08. The molecule has 2 rings (SSSR count). The van der Waals surface area contributed by atoms with Gasteiger partial charge in [-0.15, -0.1) is 0 Å². The molecular formula is C14H18F3NO3. The Kier molecular flexibility index (Phi) is 5.08. The molecule has 0 aliphatic carbocycles. The summed E-state index contributed by atoms with van der Waals surface area (Å²) in [5, 5.41) is 8.95. The summed E-state index contributed by atoms with van der Waals surface area (Å²) in [5.41, 5.74) is -0.679. The van der Waals surface area contributed by atoms with Crippen molar-refractivity contribution in [2.75, 3.05) is 33.4 Å². The van der Waals surface area contributed by atoms with Gasteiger partial charge in [-0.3, -0.25) is 0 Å². The van der Waals surface area contributed by atoms with Crippen LogP contribution in [0.3, 0.4) is 0 Å². The Morgan fingerprint density at radius 1 is 1.43 bits per heavy atom. The lowest BCUT2D eigenvalue weighted by Crippen LogP contribution is -2.42. The Bertz CT molecular complexity index is 479. The number of halogens is 3. The van der Waals surface area contributed by atoms with E-state index in [-0.39, 0.29) is 24.0 Å². The van der Waals surface area contributed by atoms with Gasteiger partial charge in [0, 0.05) is 13.1 Å². The van der Waals surface area contributed by atoms with Gasteiger partial charge in [-0.1, -0.05) is 6.07 Å². The fraction of sp³-hybridized carbons (Fsp3) is 0.571. The molecule has 0 saturated carbocycles. The highest BCUT2D eigenvalue weighted by molar-refractivity contribution is 5.39. The van der Waals surface area contributed by atoms with Crippen LogP contribution in [0.15, 0.2) is 18.2 Å². The summed E-state index contributed by atoms with van der Waals surface area (Å²) in [6.07, 6.45) is -4.77. The monoisotopic (exact) mass is 305 g/mol. The summed E-state index contributed by atoms with van der Waals surface area (Å²) in [5.74, 6) is -0.239. The number of morpholine rings is 1. The van der Waals surface area contributed by atoms with E-state index in [1.807, 2.05) is 11.9 Å². The van der Waals surface area contributed by atoms with Crippen LogP contribution in [0.1, 0.15) is 11.1 Å². The van der Waals surface area contributed by atoms with Crippen LogP contribution in [0.5, 0.6) is 5.75 Å². The van der Waals surface area contributed by atoms with Crippen molar-refractivity contribution >= 4 is 0 Å². The average molecular weight is 305 g/mol. The van der Waals surface area contributed by atoms with Crippen LogP contribution in [0, 0.1) is 0 Å². The molecule has 7 heteroatoms.